The Hall–Kier alpha value is -2.72. The summed E-state index contributed by atoms with van der Waals surface area (Å²) in [6.45, 7) is 2.66. The number of primary amides is 1. The van der Waals surface area contributed by atoms with Gasteiger partial charge >= 0.3 is 0 Å². The third kappa shape index (κ3) is 4.71. The minimum absolute atomic E-state index is 0.262. The number of anilines is 2. The summed E-state index contributed by atoms with van der Waals surface area (Å²) < 4.78 is 14.8. The van der Waals surface area contributed by atoms with Gasteiger partial charge in [-0.05, 0) is 50.3 Å². The summed E-state index contributed by atoms with van der Waals surface area (Å²) in [5, 5.41) is 15.5. The predicted molar refractivity (Wildman–Crippen MR) is 116 cm³/mol. The molecule has 9 nitrogen and oxygen atoms in total. The summed E-state index contributed by atoms with van der Waals surface area (Å²) in [6, 6.07) is 4.65. The molecule has 0 aliphatic carbocycles. The minimum atomic E-state index is -1.40. The fourth-order valence-electron chi connectivity index (χ4n) is 4.86. The van der Waals surface area contributed by atoms with Crippen LogP contribution in [0.5, 0.6) is 0 Å². The van der Waals surface area contributed by atoms with Crippen LogP contribution in [0.4, 0.5) is 15.8 Å². The van der Waals surface area contributed by atoms with Crippen LogP contribution < -0.4 is 21.3 Å². The highest BCUT2D eigenvalue weighted by Gasteiger charge is 2.39. The van der Waals surface area contributed by atoms with Crippen LogP contribution in [0.15, 0.2) is 18.2 Å². The highest BCUT2D eigenvalue weighted by molar-refractivity contribution is 6.01. The smallest absolute Gasteiger partial charge is 0.249 e. The molecule has 3 aliphatic heterocycles. The number of carbonyl (C=O) groups excluding carboxylic acids is 3. The number of nitrogens with one attached hydrogen (secondary N) is 2. The molecule has 1 unspecified atom stereocenters. The molecule has 32 heavy (non-hydrogen) atoms. The standard InChI is InChI=1S/C22H30FN5O4/c23-16-13-14(25-17-2-4-19(29)26-20(17)30)1-3-18(16)28-9-5-15(6-10-28)27-11-7-22(32,8-12-27)21(24)31/h1,3,13,15,17,25,32H,2,4-12H2,(H2,24,31)(H,26,29,30). The number of rotatable bonds is 5. The van der Waals surface area contributed by atoms with Crippen LogP contribution in [-0.4, -0.2) is 71.6 Å². The molecule has 1 aromatic carbocycles. The Morgan fingerprint density at radius 3 is 2.44 bits per heavy atom. The zero-order valence-corrected chi connectivity index (χ0v) is 18.0. The Kier molecular flexibility index (Phi) is 6.34. The van der Waals surface area contributed by atoms with E-state index in [0.717, 1.165) is 12.8 Å². The lowest BCUT2D eigenvalue weighted by Crippen LogP contribution is -2.55. The van der Waals surface area contributed by atoms with Crippen LogP contribution in [0, 0.1) is 5.82 Å². The molecule has 0 spiro atoms. The number of amides is 3. The third-order valence-corrected chi connectivity index (χ3v) is 6.93. The van der Waals surface area contributed by atoms with E-state index in [-0.39, 0.29) is 24.1 Å². The van der Waals surface area contributed by atoms with E-state index in [1.54, 1.807) is 12.1 Å². The van der Waals surface area contributed by atoms with E-state index in [1.807, 2.05) is 4.90 Å². The Bertz CT molecular complexity index is 894. The van der Waals surface area contributed by atoms with Crippen molar-refractivity contribution in [3.05, 3.63) is 24.0 Å². The van der Waals surface area contributed by atoms with Crippen molar-refractivity contribution >= 4 is 29.1 Å². The van der Waals surface area contributed by atoms with Gasteiger partial charge < -0.3 is 26.0 Å². The zero-order chi connectivity index (χ0) is 22.9. The first-order chi connectivity index (χ1) is 15.2. The van der Waals surface area contributed by atoms with Gasteiger partial charge in [0.1, 0.15) is 17.5 Å². The number of halogens is 1. The van der Waals surface area contributed by atoms with Crippen molar-refractivity contribution in [2.75, 3.05) is 36.4 Å². The first kappa shape index (κ1) is 22.5. The molecule has 3 aliphatic rings. The van der Waals surface area contributed by atoms with E-state index in [0.29, 0.717) is 62.9 Å². The van der Waals surface area contributed by atoms with Crippen molar-refractivity contribution in [3.8, 4) is 0 Å². The molecule has 5 N–H and O–H groups in total. The van der Waals surface area contributed by atoms with Crippen molar-refractivity contribution in [3.63, 3.8) is 0 Å². The average molecular weight is 448 g/mol. The number of aliphatic hydroxyl groups is 1. The number of carbonyl (C=O) groups is 3. The van der Waals surface area contributed by atoms with Crippen molar-refractivity contribution < 1.29 is 23.9 Å². The van der Waals surface area contributed by atoms with Gasteiger partial charge in [0.2, 0.25) is 17.7 Å². The molecule has 3 saturated heterocycles. The molecule has 1 atom stereocenters. The largest absolute Gasteiger partial charge is 0.380 e. The number of likely N-dealkylation sites (tertiary alicyclic amines) is 1. The monoisotopic (exact) mass is 447 g/mol. The maximum absolute atomic E-state index is 14.8. The number of imide groups is 1. The Balaban J connectivity index is 1.31. The van der Waals surface area contributed by atoms with E-state index >= 15 is 0 Å². The van der Waals surface area contributed by atoms with Gasteiger partial charge in [0.05, 0.1) is 5.69 Å². The molecule has 1 aromatic rings. The third-order valence-electron chi connectivity index (χ3n) is 6.93. The maximum Gasteiger partial charge on any atom is 0.249 e. The lowest BCUT2D eigenvalue weighted by Gasteiger charge is -2.43. The summed E-state index contributed by atoms with van der Waals surface area (Å²) in [5.41, 5.74) is 4.94. The van der Waals surface area contributed by atoms with Crippen molar-refractivity contribution in [2.24, 2.45) is 5.73 Å². The molecule has 10 heteroatoms. The maximum atomic E-state index is 14.8. The summed E-state index contributed by atoms with van der Waals surface area (Å²) in [4.78, 5) is 38.9. The molecular weight excluding hydrogens is 417 g/mol. The molecule has 3 fully saturated rings. The van der Waals surface area contributed by atoms with Crippen LogP contribution in [0.3, 0.4) is 0 Å². The first-order valence-electron chi connectivity index (χ1n) is 11.2. The second-order valence-corrected chi connectivity index (χ2v) is 8.96. The summed E-state index contributed by atoms with van der Waals surface area (Å²) in [5.74, 6) is -1.69. The summed E-state index contributed by atoms with van der Waals surface area (Å²) in [7, 11) is 0. The molecule has 3 amide bonds. The van der Waals surface area contributed by atoms with Gasteiger partial charge in [-0.3, -0.25) is 19.7 Å². The van der Waals surface area contributed by atoms with Gasteiger partial charge in [-0.2, -0.15) is 0 Å². The van der Waals surface area contributed by atoms with Crippen LogP contribution in [-0.2, 0) is 14.4 Å². The van der Waals surface area contributed by atoms with Gasteiger partial charge in [0, 0.05) is 44.3 Å². The first-order valence-corrected chi connectivity index (χ1v) is 11.2. The molecule has 3 heterocycles. The van der Waals surface area contributed by atoms with Crippen LogP contribution in [0.1, 0.15) is 38.5 Å². The van der Waals surface area contributed by atoms with Crippen LogP contribution >= 0.6 is 0 Å². The minimum Gasteiger partial charge on any atom is -0.380 e. The molecule has 0 saturated carbocycles. The van der Waals surface area contributed by atoms with E-state index in [2.05, 4.69) is 15.5 Å². The number of hydrogen-bond donors (Lipinski definition) is 4. The van der Waals surface area contributed by atoms with Crippen LogP contribution in [0.2, 0.25) is 0 Å². The number of nitrogens with two attached hydrogens (primary N) is 1. The highest BCUT2D eigenvalue weighted by Crippen LogP contribution is 2.30. The van der Waals surface area contributed by atoms with E-state index in [4.69, 9.17) is 5.73 Å². The second-order valence-electron chi connectivity index (χ2n) is 8.96. The quantitative estimate of drug-likeness (QED) is 0.479. The molecule has 0 aromatic heterocycles. The van der Waals surface area contributed by atoms with Gasteiger partial charge in [0.25, 0.3) is 0 Å². The van der Waals surface area contributed by atoms with E-state index in [1.165, 1.54) is 6.07 Å². The van der Waals surface area contributed by atoms with Crippen molar-refractivity contribution in [1.82, 2.24) is 10.2 Å². The van der Waals surface area contributed by atoms with Gasteiger partial charge in [-0.1, -0.05) is 0 Å². The van der Waals surface area contributed by atoms with E-state index < -0.39 is 17.6 Å². The highest BCUT2D eigenvalue weighted by atomic mass is 19.1. The van der Waals surface area contributed by atoms with Gasteiger partial charge in [-0.15, -0.1) is 0 Å². The predicted octanol–water partition coefficient (Wildman–Crippen LogP) is 0.324. The fraction of sp³-hybridized carbons (Fsp3) is 0.591. The number of benzene rings is 1. The Morgan fingerprint density at radius 1 is 1.16 bits per heavy atom. The van der Waals surface area contributed by atoms with E-state index in [9.17, 15) is 23.9 Å². The fourth-order valence-corrected chi connectivity index (χ4v) is 4.86. The summed E-state index contributed by atoms with van der Waals surface area (Å²) in [6.07, 6.45) is 3.07. The normalized spacial score (nSPS) is 24.8. The topological polar surface area (TPSA) is 128 Å². The molecule has 0 bridgehead atoms. The Morgan fingerprint density at radius 2 is 1.84 bits per heavy atom. The number of nitrogens with zero attached hydrogens (tertiary/aromatic N) is 2. The lowest BCUT2D eigenvalue weighted by molar-refractivity contribution is -0.142. The molecule has 0 radical (unpaired) electrons. The SMILES string of the molecule is NC(=O)C1(O)CCN(C2CCN(c3ccc(NC4CCC(=O)NC4=O)cc3F)CC2)CC1. The lowest BCUT2D eigenvalue weighted by atomic mass is 9.89. The van der Waals surface area contributed by atoms with Gasteiger partial charge in [-0.25, -0.2) is 4.39 Å². The molecule has 4 rings (SSSR count). The molecular formula is C22H30FN5O4. The Labute approximate surface area is 186 Å². The van der Waals surface area contributed by atoms with Crippen LogP contribution in [0.25, 0.3) is 0 Å². The van der Waals surface area contributed by atoms with Crippen molar-refractivity contribution in [2.45, 2.75) is 56.2 Å². The average Bonchev–Trinajstić information content (AvgIpc) is 2.77. The number of piperidine rings is 3. The second kappa shape index (κ2) is 9.03. The molecule has 174 valence electrons. The van der Waals surface area contributed by atoms with Gasteiger partial charge in [0.15, 0.2) is 0 Å². The summed E-state index contributed by atoms with van der Waals surface area (Å²) >= 11 is 0. The zero-order valence-electron chi connectivity index (χ0n) is 18.0. The number of hydrogen-bond acceptors (Lipinski definition) is 7. The van der Waals surface area contributed by atoms with Crippen molar-refractivity contribution in [1.29, 1.82) is 0 Å².